The van der Waals surface area contributed by atoms with Crippen LogP contribution in [0.1, 0.15) is 63.4 Å². The summed E-state index contributed by atoms with van der Waals surface area (Å²) < 4.78 is 12.3. The first kappa shape index (κ1) is 21.2. The Bertz CT molecular complexity index is 918. The van der Waals surface area contributed by atoms with Gasteiger partial charge in [0, 0.05) is 52.8 Å². The van der Waals surface area contributed by atoms with E-state index in [2.05, 4.69) is 27.8 Å². The van der Waals surface area contributed by atoms with Crippen molar-refractivity contribution in [3.8, 4) is 11.5 Å². The molecule has 0 radical (unpaired) electrons. The number of rotatable bonds is 5. The highest BCUT2D eigenvalue weighted by Crippen LogP contribution is 2.51. The third-order valence-corrected chi connectivity index (χ3v) is 6.99. The van der Waals surface area contributed by atoms with Crippen LogP contribution in [0.15, 0.2) is 39.1 Å². The van der Waals surface area contributed by atoms with E-state index in [9.17, 15) is 9.59 Å². The van der Waals surface area contributed by atoms with E-state index in [-0.39, 0.29) is 17.5 Å². The number of carbonyl (C=O) groups is 2. The van der Waals surface area contributed by atoms with Crippen molar-refractivity contribution >= 4 is 27.5 Å². The number of allylic oxidation sites excluding steroid dienone is 4. The molecule has 0 N–H and O–H groups in total. The second-order valence-electron chi connectivity index (χ2n) is 8.14. The lowest BCUT2D eigenvalue weighted by Gasteiger charge is -2.42. The molecule has 6 heteroatoms. The number of carbonyl (C=O) groups excluding carboxylic acids is 2. The van der Waals surface area contributed by atoms with Crippen LogP contribution < -0.4 is 9.47 Å². The molecule has 0 bridgehead atoms. The average Bonchev–Trinajstić information content (AvgIpc) is 2.74. The molecule has 0 aromatic heterocycles. The molecule has 0 atom stereocenters. The number of halogens is 1. The van der Waals surface area contributed by atoms with E-state index in [0.29, 0.717) is 30.9 Å². The first-order chi connectivity index (χ1) is 14.5. The Hall–Kier alpha value is -2.08. The van der Waals surface area contributed by atoms with Gasteiger partial charge in [0.1, 0.15) is 0 Å². The fraction of sp³-hybridized carbons (Fsp3) is 0.500. The number of ether oxygens (including phenoxy) is 2. The molecular formula is C24H28BrNO4. The lowest BCUT2D eigenvalue weighted by molar-refractivity contribution is -0.117. The number of hydrogen-bond donors (Lipinski definition) is 0. The quantitative estimate of drug-likeness (QED) is 0.581. The fourth-order valence-electron chi connectivity index (χ4n) is 4.92. The summed E-state index contributed by atoms with van der Waals surface area (Å²) in [6, 6.07) is 3.84. The maximum atomic E-state index is 13.1. The molecule has 0 amide bonds. The Morgan fingerprint density at radius 1 is 1.00 bits per heavy atom. The van der Waals surface area contributed by atoms with Gasteiger partial charge in [0.15, 0.2) is 23.1 Å². The lowest BCUT2D eigenvalue weighted by Crippen LogP contribution is -2.37. The Morgan fingerprint density at radius 2 is 1.60 bits per heavy atom. The van der Waals surface area contributed by atoms with Crippen LogP contribution in [0.4, 0.5) is 0 Å². The molecule has 2 aliphatic carbocycles. The smallest absolute Gasteiger partial charge is 0.162 e. The molecule has 1 aromatic rings. The van der Waals surface area contributed by atoms with E-state index < -0.39 is 0 Å². The van der Waals surface area contributed by atoms with E-state index >= 15 is 0 Å². The highest BCUT2D eigenvalue weighted by Gasteiger charge is 2.43. The summed E-state index contributed by atoms with van der Waals surface area (Å²) >= 11 is 3.71. The molecule has 160 valence electrons. The minimum Gasteiger partial charge on any atom is -0.493 e. The summed E-state index contributed by atoms with van der Waals surface area (Å²) in [5.74, 6) is 1.23. The normalized spacial score (nSPS) is 19.8. The van der Waals surface area contributed by atoms with Gasteiger partial charge in [-0.25, -0.2) is 0 Å². The van der Waals surface area contributed by atoms with E-state index in [1.54, 1.807) is 7.11 Å². The van der Waals surface area contributed by atoms with Crippen molar-refractivity contribution < 1.29 is 19.1 Å². The highest BCUT2D eigenvalue weighted by atomic mass is 79.9. The molecule has 0 saturated carbocycles. The zero-order valence-corrected chi connectivity index (χ0v) is 19.4. The molecule has 0 spiro atoms. The van der Waals surface area contributed by atoms with Crippen molar-refractivity contribution in [2.45, 2.75) is 57.8 Å². The van der Waals surface area contributed by atoms with Gasteiger partial charge in [0.05, 0.1) is 13.7 Å². The molecule has 0 saturated heterocycles. The standard InChI is InChI=1S/C24H28BrNO4/c1-4-11-30-21-13-15(25)14(12-20(21)29-3)22-23-16(7-5-9-18(23)27)26(2)17-8-6-10-19(28)24(17)22/h12-13,22H,4-11H2,1-3H3. The topological polar surface area (TPSA) is 55.8 Å². The van der Waals surface area contributed by atoms with Crippen LogP contribution >= 0.6 is 15.9 Å². The van der Waals surface area contributed by atoms with Crippen molar-refractivity contribution in [1.82, 2.24) is 4.90 Å². The third kappa shape index (κ3) is 3.49. The molecule has 3 aliphatic rings. The number of methoxy groups -OCH3 is 1. The minimum atomic E-state index is -0.352. The number of hydrogen-bond acceptors (Lipinski definition) is 5. The monoisotopic (exact) mass is 473 g/mol. The van der Waals surface area contributed by atoms with Crippen LogP contribution in [0, 0.1) is 0 Å². The summed E-state index contributed by atoms with van der Waals surface area (Å²) in [5, 5.41) is 0. The minimum absolute atomic E-state index is 0.148. The zero-order valence-electron chi connectivity index (χ0n) is 17.8. The average molecular weight is 474 g/mol. The van der Waals surface area contributed by atoms with Crippen LogP contribution in [-0.2, 0) is 9.59 Å². The first-order valence-electron chi connectivity index (χ1n) is 10.7. The van der Waals surface area contributed by atoms with E-state index in [0.717, 1.165) is 64.7 Å². The summed E-state index contributed by atoms with van der Waals surface area (Å²) in [7, 11) is 3.63. The van der Waals surface area contributed by atoms with Gasteiger partial charge in [-0.05, 0) is 49.8 Å². The summed E-state index contributed by atoms with van der Waals surface area (Å²) in [5.41, 5.74) is 4.60. The summed E-state index contributed by atoms with van der Waals surface area (Å²) in [4.78, 5) is 28.4. The number of nitrogens with zero attached hydrogens (tertiary/aromatic N) is 1. The van der Waals surface area contributed by atoms with Gasteiger partial charge in [-0.1, -0.05) is 22.9 Å². The van der Waals surface area contributed by atoms with E-state index in [1.807, 2.05) is 19.2 Å². The number of benzene rings is 1. The molecular weight excluding hydrogens is 446 g/mol. The van der Waals surface area contributed by atoms with Crippen molar-refractivity contribution in [1.29, 1.82) is 0 Å². The molecule has 1 aliphatic heterocycles. The Balaban J connectivity index is 1.92. The Labute approximate surface area is 186 Å². The lowest BCUT2D eigenvalue weighted by atomic mass is 9.71. The largest absolute Gasteiger partial charge is 0.493 e. The van der Waals surface area contributed by atoms with Crippen LogP contribution in [-0.4, -0.2) is 37.2 Å². The molecule has 4 rings (SSSR count). The van der Waals surface area contributed by atoms with Gasteiger partial charge in [-0.2, -0.15) is 0 Å². The molecule has 5 nitrogen and oxygen atoms in total. The maximum Gasteiger partial charge on any atom is 0.162 e. The van der Waals surface area contributed by atoms with Gasteiger partial charge in [-0.15, -0.1) is 0 Å². The number of Topliss-reactive ketones (excluding diaryl/α,β-unsaturated/α-hetero) is 2. The molecule has 1 aromatic carbocycles. The molecule has 0 unspecified atom stereocenters. The third-order valence-electron chi connectivity index (χ3n) is 6.30. The van der Waals surface area contributed by atoms with Crippen molar-refractivity contribution in [3.63, 3.8) is 0 Å². The van der Waals surface area contributed by atoms with Gasteiger partial charge in [0.2, 0.25) is 0 Å². The van der Waals surface area contributed by atoms with Gasteiger partial charge in [-0.3, -0.25) is 9.59 Å². The Kier molecular flexibility index (Phi) is 6.05. The Morgan fingerprint density at radius 3 is 2.13 bits per heavy atom. The summed E-state index contributed by atoms with van der Waals surface area (Å²) in [6.45, 7) is 2.65. The highest BCUT2D eigenvalue weighted by molar-refractivity contribution is 9.10. The van der Waals surface area contributed by atoms with Crippen LogP contribution in [0.2, 0.25) is 0 Å². The number of ketones is 2. The predicted molar refractivity (Wildman–Crippen MR) is 119 cm³/mol. The van der Waals surface area contributed by atoms with Gasteiger partial charge >= 0.3 is 0 Å². The first-order valence-corrected chi connectivity index (χ1v) is 11.5. The van der Waals surface area contributed by atoms with Crippen molar-refractivity contribution in [3.05, 3.63) is 44.7 Å². The second-order valence-corrected chi connectivity index (χ2v) is 8.99. The van der Waals surface area contributed by atoms with Crippen LogP contribution in [0.25, 0.3) is 0 Å². The van der Waals surface area contributed by atoms with Crippen LogP contribution in [0.3, 0.4) is 0 Å². The van der Waals surface area contributed by atoms with Crippen LogP contribution in [0.5, 0.6) is 11.5 Å². The van der Waals surface area contributed by atoms with E-state index in [1.165, 1.54) is 0 Å². The molecule has 1 heterocycles. The van der Waals surface area contributed by atoms with Gasteiger partial charge < -0.3 is 14.4 Å². The maximum absolute atomic E-state index is 13.1. The van der Waals surface area contributed by atoms with Crippen molar-refractivity contribution in [2.75, 3.05) is 20.8 Å². The van der Waals surface area contributed by atoms with Crippen molar-refractivity contribution in [2.24, 2.45) is 0 Å². The van der Waals surface area contributed by atoms with E-state index in [4.69, 9.17) is 9.47 Å². The molecule has 0 fully saturated rings. The summed E-state index contributed by atoms with van der Waals surface area (Å²) in [6.07, 6.45) is 5.42. The SMILES string of the molecule is CCCOc1cc(Br)c(C2C3=C(CCCC3=O)N(C)C3=C2C(=O)CCC3)cc1OC. The fourth-order valence-corrected chi connectivity index (χ4v) is 5.47. The van der Waals surface area contributed by atoms with Gasteiger partial charge in [0.25, 0.3) is 0 Å². The second kappa shape index (κ2) is 8.58. The molecule has 30 heavy (non-hydrogen) atoms. The predicted octanol–water partition coefficient (Wildman–Crippen LogP) is 5.29. The zero-order chi connectivity index (χ0) is 21.4.